The van der Waals surface area contributed by atoms with Gasteiger partial charge in [-0.3, -0.25) is 0 Å². The van der Waals surface area contributed by atoms with Crippen molar-refractivity contribution in [3.05, 3.63) is 23.3 Å². The van der Waals surface area contributed by atoms with Crippen molar-refractivity contribution in [3.63, 3.8) is 0 Å². The van der Waals surface area contributed by atoms with Gasteiger partial charge in [-0.05, 0) is 105 Å². The zero-order valence-corrected chi connectivity index (χ0v) is 31.4. The molecule has 3 saturated carbocycles. The molecule has 0 spiro atoms. The molecule has 0 aromatic rings. The molecule has 4 nitrogen and oxygen atoms in total. The average molecular weight is 607 g/mol. The lowest BCUT2D eigenvalue weighted by Crippen LogP contribution is -2.48. The number of hydrogen-bond donors (Lipinski definition) is 0. The minimum atomic E-state index is -1.87. The van der Waals surface area contributed by atoms with Gasteiger partial charge in [-0.25, -0.2) is 0 Å². The fourth-order valence-electron chi connectivity index (χ4n) is 7.71. The summed E-state index contributed by atoms with van der Waals surface area (Å²) in [5.41, 5.74) is 3.51. The van der Waals surface area contributed by atoms with Crippen LogP contribution in [0.3, 0.4) is 0 Å². The third-order valence-electron chi connectivity index (χ3n) is 12.1. The van der Waals surface area contributed by atoms with Crippen LogP contribution in [-0.4, -0.2) is 49.4 Å². The molecule has 0 aromatic carbocycles. The molecule has 0 bridgehead atoms. The first-order chi connectivity index (χ1) is 18.8. The Kier molecular flexibility index (Phi) is 11.2. The van der Waals surface area contributed by atoms with Crippen LogP contribution in [0.5, 0.6) is 0 Å². The minimum Gasteiger partial charge on any atom is -0.414 e. The predicted octanol–water partition coefficient (Wildman–Crippen LogP) is 10.3. The Labute approximate surface area is 256 Å². The highest BCUT2D eigenvalue weighted by molar-refractivity contribution is 6.74. The normalized spacial score (nSPS) is 32.0. The Morgan fingerprint density at radius 3 is 1.80 bits per heavy atom. The second-order valence-electron chi connectivity index (χ2n) is 17.0. The van der Waals surface area contributed by atoms with Crippen molar-refractivity contribution in [3.8, 4) is 0 Å². The highest BCUT2D eigenvalue weighted by atomic mass is 28.4. The zero-order chi connectivity index (χ0) is 31.0. The smallest absolute Gasteiger partial charge is 0.192 e. The molecule has 41 heavy (non-hydrogen) atoms. The van der Waals surface area contributed by atoms with E-state index in [1.54, 1.807) is 19.8 Å². The van der Waals surface area contributed by atoms with Crippen molar-refractivity contribution in [1.29, 1.82) is 0 Å². The summed E-state index contributed by atoms with van der Waals surface area (Å²) in [6.45, 7) is 28.6. The second-order valence-corrected chi connectivity index (χ2v) is 26.5. The topological polar surface area (TPSA) is 36.9 Å². The van der Waals surface area contributed by atoms with Gasteiger partial charge in [0.25, 0.3) is 0 Å². The molecule has 6 atom stereocenters. The fourth-order valence-corrected chi connectivity index (χ4v) is 10.4. The van der Waals surface area contributed by atoms with Gasteiger partial charge < -0.3 is 18.3 Å². The van der Waals surface area contributed by atoms with E-state index in [4.69, 9.17) is 18.3 Å². The van der Waals surface area contributed by atoms with Crippen LogP contribution in [0.4, 0.5) is 0 Å². The average Bonchev–Trinajstić information content (AvgIpc) is 3.18. The molecule has 0 N–H and O–H groups in total. The van der Waals surface area contributed by atoms with E-state index in [0.29, 0.717) is 23.2 Å². The Morgan fingerprint density at radius 1 is 0.829 bits per heavy atom. The zero-order valence-electron chi connectivity index (χ0n) is 29.4. The molecule has 0 amide bonds. The number of hydrogen-bond acceptors (Lipinski definition) is 4. The van der Waals surface area contributed by atoms with E-state index in [1.165, 1.54) is 37.7 Å². The van der Waals surface area contributed by atoms with Crippen LogP contribution < -0.4 is 0 Å². The summed E-state index contributed by atoms with van der Waals surface area (Å²) in [5.74, 6) is 1.70. The third-order valence-corrected chi connectivity index (χ3v) is 21.2. The standard InChI is InChI=1S/C35H66O4Si2/c1-25(32(36-9)37-10)30-19-20-31-27(16-15-21-35(30,31)8)18-17-26-22-28(38-40(11,12)33(2,3)4)24-29(23-26)39-41(13,14)34(5,6)7/h17-18,25,28-32H,15-16,19-24H2,1-14H3/b27-18+/t25-,28+,29+,30+,31-,35+/m0/s1. The molecule has 238 valence electrons. The number of fused-ring (bicyclic) bond motifs is 1. The Hall–Kier alpha value is -0.246. The Morgan fingerprint density at radius 2 is 1.34 bits per heavy atom. The van der Waals surface area contributed by atoms with E-state index >= 15 is 0 Å². The lowest BCUT2D eigenvalue weighted by Gasteiger charge is -2.45. The number of ether oxygens (including phenoxy) is 2. The third kappa shape index (κ3) is 7.89. The van der Waals surface area contributed by atoms with E-state index in [-0.39, 0.29) is 28.6 Å². The quantitative estimate of drug-likeness (QED) is 0.193. The number of allylic oxidation sites excluding steroid dienone is 3. The van der Waals surface area contributed by atoms with Gasteiger partial charge in [0.1, 0.15) is 0 Å². The molecule has 0 heterocycles. The fraction of sp³-hybridized carbons (Fsp3) is 0.886. The molecule has 0 radical (unpaired) electrons. The highest BCUT2D eigenvalue weighted by Gasteiger charge is 2.52. The van der Waals surface area contributed by atoms with Crippen LogP contribution in [0.15, 0.2) is 23.3 Å². The molecule has 3 rings (SSSR count). The lowest BCUT2D eigenvalue weighted by molar-refractivity contribution is -0.155. The predicted molar refractivity (Wildman–Crippen MR) is 179 cm³/mol. The summed E-state index contributed by atoms with van der Waals surface area (Å²) < 4.78 is 25.5. The van der Waals surface area contributed by atoms with Crippen molar-refractivity contribution in [2.75, 3.05) is 14.2 Å². The molecule has 0 aromatic heterocycles. The highest BCUT2D eigenvalue weighted by Crippen LogP contribution is 2.60. The van der Waals surface area contributed by atoms with Gasteiger partial charge in [-0.1, -0.05) is 78.7 Å². The Bertz CT molecular complexity index is 899. The van der Waals surface area contributed by atoms with Crippen LogP contribution in [0.1, 0.15) is 107 Å². The van der Waals surface area contributed by atoms with Crippen molar-refractivity contribution >= 4 is 16.6 Å². The molecule has 3 fully saturated rings. The molecule has 6 heteroatoms. The molecule has 0 aliphatic heterocycles. The van der Waals surface area contributed by atoms with E-state index < -0.39 is 16.6 Å². The van der Waals surface area contributed by atoms with Crippen LogP contribution in [-0.2, 0) is 18.3 Å². The van der Waals surface area contributed by atoms with Crippen molar-refractivity contribution < 1.29 is 18.3 Å². The molecular weight excluding hydrogens is 541 g/mol. The first-order valence-corrected chi connectivity index (χ1v) is 22.4. The van der Waals surface area contributed by atoms with Crippen molar-refractivity contribution in [2.24, 2.45) is 23.2 Å². The van der Waals surface area contributed by atoms with E-state index in [1.807, 2.05) is 0 Å². The summed E-state index contributed by atoms with van der Waals surface area (Å²) >= 11 is 0. The summed E-state index contributed by atoms with van der Waals surface area (Å²) in [6, 6.07) is 0. The van der Waals surface area contributed by atoms with Crippen LogP contribution >= 0.6 is 0 Å². The van der Waals surface area contributed by atoms with Crippen LogP contribution in [0, 0.1) is 23.2 Å². The molecule has 3 aliphatic carbocycles. The summed E-state index contributed by atoms with van der Waals surface area (Å²) in [6.07, 6.45) is 14.9. The molecular formula is C35H66O4Si2. The van der Waals surface area contributed by atoms with E-state index in [0.717, 1.165) is 19.3 Å². The summed E-state index contributed by atoms with van der Waals surface area (Å²) in [4.78, 5) is 0. The van der Waals surface area contributed by atoms with E-state index in [2.05, 4.69) is 93.7 Å². The van der Waals surface area contributed by atoms with Crippen LogP contribution in [0.2, 0.25) is 36.3 Å². The molecule has 0 unspecified atom stereocenters. The first kappa shape index (κ1) is 35.2. The lowest BCUT2D eigenvalue weighted by atomic mass is 9.61. The maximum atomic E-state index is 7.05. The van der Waals surface area contributed by atoms with Gasteiger partial charge in [-0.15, -0.1) is 0 Å². The van der Waals surface area contributed by atoms with Gasteiger partial charge >= 0.3 is 0 Å². The van der Waals surface area contributed by atoms with Gasteiger partial charge in [0.05, 0.1) is 12.2 Å². The molecule has 0 saturated heterocycles. The number of methoxy groups -OCH3 is 2. The minimum absolute atomic E-state index is 0.120. The monoisotopic (exact) mass is 606 g/mol. The van der Waals surface area contributed by atoms with Gasteiger partial charge in [0.2, 0.25) is 0 Å². The Balaban J connectivity index is 1.86. The largest absolute Gasteiger partial charge is 0.414 e. The van der Waals surface area contributed by atoms with Crippen molar-refractivity contribution in [2.45, 2.75) is 162 Å². The van der Waals surface area contributed by atoms with Gasteiger partial charge in [-0.2, -0.15) is 0 Å². The second kappa shape index (κ2) is 13.0. The number of rotatable bonds is 9. The van der Waals surface area contributed by atoms with E-state index in [9.17, 15) is 0 Å². The van der Waals surface area contributed by atoms with Crippen LogP contribution in [0.25, 0.3) is 0 Å². The van der Waals surface area contributed by atoms with Gasteiger partial charge in [0.15, 0.2) is 22.9 Å². The first-order valence-electron chi connectivity index (χ1n) is 16.6. The SMILES string of the molecule is COC(OC)[C@@H](C)[C@H]1CC[C@H]2/C(=C/C=C3C[C@@H](O[Si](C)(C)C(C)(C)C)C[C@H](O[Si](C)(C)C(C)(C)C)C3)CCC[C@]12C. The summed E-state index contributed by atoms with van der Waals surface area (Å²) in [7, 11) is -0.175. The summed E-state index contributed by atoms with van der Waals surface area (Å²) in [5, 5.41) is 0.416. The maximum absolute atomic E-state index is 7.05. The maximum Gasteiger partial charge on any atom is 0.192 e. The molecule has 3 aliphatic rings. The van der Waals surface area contributed by atoms with Gasteiger partial charge in [0, 0.05) is 20.1 Å². The van der Waals surface area contributed by atoms with Crippen molar-refractivity contribution in [1.82, 2.24) is 0 Å².